The molecule has 1 aliphatic rings. The maximum atomic E-state index is 12.8. The van der Waals surface area contributed by atoms with Crippen LogP contribution in [0, 0.1) is 11.8 Å². The van der Waals surface area contributed by atoms with E-state index in [0.29, 0.717) is 12.8 Å². The van der Waals surface area contributed by atoms with Crippen LogP contribution in [0.4, 0.5) is 0 Å². The van der Waals surface area contributed by atoms with Crippen molar-refractivity contribution in [2.75, 3.05) is 0 Å². The highest BCUT2D eigenvalue weighted by Crippen LogP contribution is 2.27. The van der Waals surface area contributed by atoms with Crippen LogP contribution in [0.5, 0.6) is 0 Å². The van der Waals surface area contributed by atoms with Crippen LogP contribution in [0.15, 0.2) is 0 Å². The molecule has 0 aromatic carbocycles. The quantitative estimate of drug-likeness (QED) is 0.768. The second kappa shape index (κ2) is 11.2. The molecule has 1 fully saturated rings. The SMILES string of the molecule is O=C(O)CC[C@@H]1CCCCCCCCC[C@@H](CCC(=O)O)C1=O. The summed E-state index contributed by atoms with van der Waals surface area (Å²) in [6, 6.07) is 0. The maximum absolute atomic E-state index is 12.8. The van der Waals surface area contributed by atoms with Gasteiger partial charge in [0, 0.05) is 24.7 Å². The second-order valence-corrected chi connectivity index (χ2v) is 6.71. The summed E-state index contributed by atoms with van der Waals surface area (Å²) in [5, 5.41) is 17.8. The summed E-state index contributed by atoms with van der Waals surface area (Å²) in [4.78, 5) is 34.5. The fourth-order valence-corrected chi connectivity index (χ4v) is 3.45. The molecule has 2 N–H and O–H groups in total. The molecular formula is C18H30O5. The number of aliphatic carboxylic acids is 2. The van der Waals surface area contributed by atoms with Crippen LogP contribution < -0.4 is 0 Å². The molecule has 23 heavy (non-hydrogen) atoms. The molecule has 1 rings (SSSR count). The van der Waals surface area contributed by atoms with E-state index in [-0.39, 0.29) is 30.5 Å². The van der Waals surface area contributed by atoms with E-state index in [1.807, 2.05) is 0 Å². The van der Waals surface area contributed by atoms with E-state index in [0.717, 1.165) is 38.5 Å². The molecule has 5 heteroatoms. The van der Waals surface area contributed by atoms with Crippen molar-refractivity contribution in [1.82, 2.24) is 0 Å². The minimum atomic E-state index is -0.869. The predicted molar refractivity (Wildman–Crippen MR) is 87.3 cm³/mol. The number of hydrogen-bond donors (Lipinski definition) is 2. The van der Waals surface area contributed by atoms with Crippen molar-refractivity contribution >= 4 is 17.7 Å². The van der Waals surface area contributed by atoms with Crippen molar-refractivity contribution < 1.29 is 24.6 Å². The van der Waals surface area contributed by atoms with Gasteiger partial charge in [-0.3, -0.25) is 14.4 Å². The molecule has 0 unspecified atom stereocenters. The Hall–Kier alpha value is -1.39. The molecule has 0 spiro atoms. The Balaban J connectivity index is 2.72. The third-order valence-electron chi connectivity index (χ3n) is 4.82. The van der Waals surface area contributed by atoms with E-state index in [9.17, 15) is 14.4 Å². The largest absolute Gasteiger partial charge is 0.481 e. The fourth-order valence-electron chi connectivity index (χ4n) is 3.45. The van der Waals surface area contributed by atoms with Crippen LogP contribution in [0.1, 0.15) is 83.5 Å². The van der Waals surface area contributed by atoms with E-state index >= 15 is 0 Å². The minimum absolute atomic E-state index is 0.0159. The van der Waals surface area contributed by atoms with Crippen LogP contribution in [0.3, 0.4) is 0 Å². The number of ketones is 1. The maximum Gasteiger partial charge on any atom is 0.303 e. The number of carboxylic acid groups (broad SMARTS) is 2. The van der Waals surface area contributed by atoms with Crippen LogP contribution in [-0.2, 0) is 14.4 Å². The first kappa shape index (κ1) is 19.7. The predicted octanol–water partition coefficient (Wildman–Crippen LogP) is 4.04. The zero-order chi connectivity index (χ0) is 17.1. The zero-order valence-electron chi connectivity index (χ0n) is 14.0. The van der Waals surface area contributed by atoms with Crippen LogP contribution >= 0.6 is 0 Å². The van der Waals surface area contributed by atoms with Gasteiger partial charge in [-0.2, -0.15) is 0 Å². The number of carboxylic acids is 2. The lowest BCUT2D eigenvalue weighted by Gasteiger charge is -2.23. The van der Waals surface area contributed by atoms with E-state index in [1.165, 1.54) is 19.3 Å². The summed E-state index contributed by atoms with van der Waals surface area (Å²) in [7, 11) is 0. The second-order valence-electron chi connectivity index (χ2n) is 6.71. The first-order chi connectivity index (χ1) is 11.0. The van der Waals surface area contributed by atoms with Crippen LogP contribution in [0.2, 0.25) is 0 Å². The van der Waals surface area contributed by atoms with Crippen molar-refractivity contribution in [3.8, 4) is 0 Å². The van der Waals surface area contributed by atoms with E-state index < -0.39 is 11.9 Å². The summed E-state index contributed by atoms with van der Waals surface area (Å²) in [6.07, 6.45) is 9.99. The molecule has 0 aliphatic heterocycles. The van der Waals surface area contributed by atoms with Gasteiger partial charge in [0.25, 0.3) is 0 Å². The van der Waals surface area contributed by atoms with Gasteiger partial charge in [-0.05, 0) is 25.7 Å². The fraction of sp³-hybridized carbons (Fsp3) is 0.833. The van der Waals surface area contributed by atoms with Gasteiger partial charge in [0.2, 0.25) is 0 Å². The van der Waals surface area contributed by atoms with Gasteiger partial charge in [-0.1, -0.05) is 44.9 Å². The average molecular weight is 326 g/mol. The van der Waals surface area contributed by atoms with Gasteiger partial charge in [-0.15, -0.1) is 0 Å². The Kier molecular flexibility index (Phi) is 9.57. The molecule has 0 heterocycles. The zero-order valence-corrected chi connectivity index (χ0v) is 14.0. The normalized spacial score (nSPS) is 24.4. The van der Waals surface area contributed by atoms with Crippen molar-refractivity contribution in [2.24, 2.45) is 11.8 Å². The Morgan fingerprint density at radius 1 is 0.739 bits per heavy atom. The molecule has 0 amide bonds. The van der Waals surface area contributed by atoms with E-state index in [2.05, 4.69) is 0 Å². The van der Waals surface area contributed by atoms with Crippen LogP contribution in [-0.4, -0.2) is 27.9 Å². The minimum Gasteiger partial charge on any atom is -0.481 e. The smallest absolute Gasteiger partial charge is 0.303 e. The molecule has 1 aliphatic carbocycles. The topological polar surface area (TPSA) is 91.7 Å². The first-order valence-electron chi connectivity index (χ1n) is 8.98. The van der Waals surface area contributed by atoms with Gasteiger partial charge < -0.3 is 10.2 Å². The van der Waals surface area contributed by atoms with Gasteiger partial charge in [0.05, 0.1) is 0 Å². The third kappa shape index (κ3) is 8.72. The van der Waals surface area contributed by atoms with Crippen LogP contribution in [0.25, 0.3) is 0 Å². The van der Waals surface area contributed by atoms with Gasteiger partial charge in [-0.25, -0.2) is 0 Å². The highest BCUT2D eigenvalue weighted by atomic mass is 16.4. The monoisotopic (exact) mass is 326 g/mol. The number of hydrogen-bond acceptors (Lipinski definition) is 3. The van der Waals surface area contributed by atoms with Gasteiger partial charge >= 0.3 is 11.9 Å². The van der Waals surface area contributed by atoms with Crippen molar-refractivity contribution in [1.29, 1.82) is 0 Å². The number of carbonyl (C=O) groups excluding carboxylic acids is 1. The summed E-state index contributed by atoms with van der Waals surface area (Å²) in [5.41, 5.74) is 0. The number of rotatable bonds is 6. The number of carbonyl (C=O) groups is 3. The van der Waals surface area contributed by atoms with E-state index in [4.69, 9.17) is 10.2 Å². The highest BCUT2D eigenvalue weighted by molar-refractivity contribution is 5.84. The molecular weight excluding hydrogens is 296 g/mol. The molecule has 0 saturated heterocycles. The summed E-state index contributed by atoms with van der Waals surface area (Å²) in [5.74, 6) is -2.07. The third-order valence-corrected chi connectivity index (χ3v) is 4.82. The summed E-state index contributed by atoms with van der Waals surface area (Å²) in [6.45, 7) is 0. The molecule has 0 aromatic rings. The lowest BCUT2D eigenvalue weighted by molar-refractivity contribution is -0.138. The van der Waals surface area contributed by atoms with Gasteiger partial charge in [0.1, 0.15) is 5.78 Å². The molecule has 0 bridgehead atoms. The Bertz CT molecular complexity index is 357. The van der Waals surface area contributed by atoms with Gasteiger partial charge in [0.15, 0.2) is 0 Å². The molecule has 5 nitrogen and oxygen atoms in total. The Morgan fingerprint density at radius 2 is 1.09 bits per heavy atom. The Morgan fingerprint density at radius 3 is 1.43 bits per heavy atom. The summed E-state index contributed by atoms with van der Waals surface area (Å²) >= 11 is 0. The highest BCUT2D eigenvalue weighted by Gasteiger charge is 2.27. The standard InChI is InChI=1S/C18H30O5/c19-16(20)12-10-14-8-6-4-2-1-3-5-7-9-15(18(14)23)11-13-17(21)22/h14-15H,1-13H2,(H,19,20)(H,21,22)/t14-,15-/m0/s1. The molecule has 132 valence electrons. The summed E-state index contributed by atoms with van der Waals surface area (Å²) < 4.78 is 0. The first-order valence-corrected chi connectivity index (χ1v) is 8.98. The van der Waals surface area contributed by atoms with Crippen molar-refractivity contribution in [3.63, 3.8) is 0 Å². The molecule has 2 atom stereocenters. The molecule has 1 saturated carbocycles. The number of Topliss-reactive ketones (excluding diaryl/α,β-unsaturated/α-hetero) is 1. The lowest BCUT2D eigenvalue weighted by Crippen LogP contribution is -2.25. The van der Waals surface area contributed by atoms with Crippen molar-refractivity contribution in [2.45, 2.75) is 83.5 Å². The van der Waals surface area contributed by atoms with Crippen molar-refractivity contribution in [3.05, 3.63) is 0 Å². The Labute approximate surface area is 138 Å². The average Bonchev–Trinajstić information content (AvgIpc) is 2.48. The van der Waals surface area contributed by atoms with E-state index in [1.54, 1.807) is 0 Å². The molecule has 0 radical (unpaired) electrons. The lowest BCUT2D eigenvalue weighted by atomic mass is 9.81. The molecule has 0 aromatic heterocycles.